The van der Waals surface area contributed by atoms with Gasteiger partial charge in [0.25, 0.3) is 0 Å². The average molecular weight is 439 g/mol. The van der Waals surface area contributed by atoms with Crippen LogP contribution in [0.5, 0.6) is 5.75 Å². The molecule has 0 bridgehead atoms. The molecule has 0 fully saturated rings. The minimum absolute atomic E-state index is 0.641. The SMILES string of the molecule is CCOc1ccccc1CCCNCCCCC(NCCCCc1ccccc1)C(C)C. The fourth-order valence-corrected chi connectivity index (χ4v) is 4.21. The molecule has 0 heterocycles. The highest BCUT2D eigenvalue weighted by atomic mass is 16.5. The number of hydrogen-bond donors (Lipinski definition) is 2. The lowest BCUT2D eigenvalue weighted by Crippen LogP contribution is -2.34. The molecule has 2 rings (SSSR count). The number of nitrogens with one attached hydrogen (secondary N) is 2. The van der Waals surface area contributed by atoms with Gasteiger partial charge in [-0.15, -0.1) is 0 Å². The van der Waals surface area contributed by atoms with E-state index in [1.54, 1.807) is 0 Å². The lowest BCUT2D eigenvalue weighted by atomic mass is 9.98. The van der Waals surface area contributed by atoms with Crippen LogP contribution in [0.1, 0.15) is 70.4 Å². The third-order valence-electron chi connectivity index (χ3n) is 6.14. The van der Waals surface area contributed by atoms with Gasteiger partial charge in [0.1, 0.15) is 5.75 Å². The van der Waals surface area contributed by atoms with Gasteiger partial charge < -0.3 is 15.4 Å². The molecule has 1 unspecified atom stereocenters. The van der Waals surface area contributed by atoms with Crippen LogP contribution in [0.2, 0.25) is 0 Å². The molecule has 0 aliphatic heterocycles. The van der Waals surface area contributed by atoms with E-state index in [1.807, 2.05) is 6.92 Å². The van der Waals surface area contributed by atoms with Crippen molar-refractivity contribution in [1.82, 2.24) is 10.6 Å². The van der Waals surface area contributed by atoms with Gasteiger partial charge in [-0.1, -0.05) is 68.8 Å². The van der Waals surface area contributed by atoms with Crippen LogP contribution in [-0.4, -0.2) is 32.3 Å². The fourth-order valence-electron chi connectivity index (χ4n) is 4.21. The van der Waals surface area contributed by atoms with E-state index in [9.17, 15) is 0 Å². The summed E-state index contributed by atoms with van der Waals surface area (Å²) in [5.41, 5.74) is 2.78. The summed E-state index contributed by atoms with van der Waals surface area (Å²) in [7, 11) is 0. The smallest absolute Gasteiger partial charge is 0.122 e. The molecule has 0 spiro atoms. The summed E-state index contributed by atoms with van der Waals surface area (Å²) in [5.74, 6) is 1.74. The lowest BCUT2D eigenvalue weighted by Gasteiger charge is -2.22. The van der Waals surface area contributed by atoms with Gasteiger partial charge in [-0.3, -0.25) is 0 Å². The van der Waals surface area contributed by atoms with E-state index in [0.29, 0.717) is 12.0 Å². The van der Waals surface area contributed by atoms with E-state index in [-0.39, 0.29) is 0 Å². The highest BCUT2D eigenvalue weighted by molar-refractivity contribution is 5.33. The molecular formula is C29H46N2O. The first kappa shape index (κ1) is 26.4. The minimum atomic E-state index is 0.641. The predicted octanol–water partition coefficient (Wildman–Crippen LogP) is 6.41. The monoisotopic (exact) mass is 438 g/mol. The summed E-state index contributed by atoms with van der Waals surface area (Å²) in [5, 5.41) is 7.44. The molecule has 2 aromatic carbocycles. The third kappa shape index (κ3) is 11.2. The zero-order chi connectivity index (χ0) is 22.9. The fraction of sp³-hybridized carbons (Fsp3) is 0.586. The zero-order valence-electron chi connectivity index (χ0n) is 20.7. The molecule has 1 atom stereocenters. The highest BCUT2D eigenvalue weighted by Crippen LogP contribution is 2.19. The molecule has 0 radical (unpaired) electrons. The first-order valence-corrected chi connectivity index (χ1v) is 12.9. The van der Waals surface area contributed by atoms with Gasteiger partial charge in [0.2, 0.25) is 0 Å². The van der Waals surface area contributed by atoms with Crippen LogP contribution in [0.15, 0.2) is 54.6 Å². The molecule has 32 heavy (non-hydrogen) atoms. The third-order valence-corrected chi connectivity index (χ3v) is 6.14. The number of para-hydroxylation sites is 1. The number of unbranched alkanes of at least 4 members (excludes halogenated alkanes) is 2. The van der Waals surface area contributed by atoms with Crippen molar-refractivity contribution in [3.63, 3.8) is 0 Å². The normalized spacial score (nSPS) is 12.2. The summed E-state index contributed by atoms with van der Waals surface area (Å²) in [6.45, 7) is 10.8. The maximum atomic E-state index is 5.72. The lowest BCUT2D eigenvalue weighted by molar-refractivity contribution is 0.336. The Bertz CT molecular complexity index is 701. The second-order valence-corrected chi connectivity index (χ2v) is 9.14. The minimum Gasteiger partial charge on any atom is -0.494 e. The Morgan fingerprint density at radius 3 is 2.25 bits per heavy atom. The van der Waals surface area contributed by atoms with Gasteiger partial charge in [-0.25, -0.2) is 0 Å². The molecule has 2 N–H and O–H groups in total. The van der Waals surface area contributed by atoms with E-state index in [0.717, 1.165) is 44.8 Å². The van der Waals surface area contributed by atoms with Crippen LogP contribution in [0.25, 0.3) is 0 Å². The molecule has 0 saturated heterocycles. The van der Waals surface area contributed by atoms with E-state index >= 15 is 0 Å². The molecule has 3 heteroatoms. The quantitative estimate of drug-likeness (QED) is 0.264. The number of aryl methyl sites for hydroxylation is 2. The van der Waals surface area contributed by atoms with E-state index in [1.165, 1.54) is 49.7 Å². The second-order valence-electron chi connectivity index (χ2n) is 9.14. The van der Waals surface area contributed by atoms with Crippen molar-refractivity contribution >= 4 is 0 Å². The Morgan fingerprint density at radius 1 is 0.750 bits per heavy atom. The predicted molar refractivity (Wildman–Crippen MR) is 139 cm³/mol. The van der Waals surface area contributed by atoms with Crippen LogP contribution in [0, 0.1) is 5.92 Å². The van der Waals surface area contributed by atoms with Crippen LogP contribution in [-0.2, 0) is 12.8 Å². The molecule has 0 aromatic heterocycles. The Kier molecular flexibility index (Phi) is 13.8. The average Bonchev–Trinajstić information content (AvgIpc) is 2.81. The Hall–Kier alpha value is -1.84. The zero-order valence-corrected chi connectivity index (χ0v) is 20.7. The highest BCUT2D eigenvalue weighted by Gasteiger charge is 2.11. The van der Waals surface area contributed by atoms with Crippen LogP contribution in [0.3, 0.4) is 0 Å². The summed E-state index contributed by atoms with van der Waals surface area (Å²) in [4.78, 5) is 0. The number of rotatable bonds is 18. The standard InChI is InChI=1S/C29H46N2O/c1-4-32-29-21-9-8-18-27(29)19-14-23-30-22-12-11-20-28(25(2)3)31-24-13-10-17-26-15-6-5-7-16-26/h5-9,15-16,18,21,25,28,30-31H,4,10-14,17,19-20,22-24H2,1-3H3. The van der Waals surface area contributed by atoms with Crippen molar-refractivity contribution < 1.29 is 4.74 Å². The van der Waals surface area contributed by atoms with E-state index < -0.39 is 0 Å². The van der Waals surface area contributed by atoms with Crippen LogP contribution < -0.4 is 15.4 Å². The molecule has 2 aromatic rings. The van der Waals surface area contributed by atoms with Gasteiger partial charge >= 0.3 is 0 Å². The van der Waals surface area contributed by atoms with Crippen LogP contribution in [0.4, 0.5) is 0 Å². The molecule has 0 amide bonds. The van der Waals surface area contributed by atoms with Gasteiger partial charge in [-0.2, -0.15) is 0 Å². The van der Waals surface area contributed by atoms with Gasteiger partial charge in [0.15, 0.2) is 0 Å². The molecular weight excluding hydrogens is 392 g/mol. The van der Waals surface area contributed by atoms with Crippen molar-refractivity contribution in [2.45, 2.75) is 78.2 Å². The van der Waals surface area contributed by atoms with Crippen molar-refractivity contribution in [1.29, 1.82) is 0 Å². The van der Waals surface area contributed by atoms with E-state index in [4.69, 9.17) is 4.74 Å². The summed E-state index contributed by atoms with van der Waals surface area (Å²) in [6, 6.07) is 19.9. The molecule has 0 saturated carbocycles. The van der Waals surface area contributed by atoms with Crippen molar-refractivity contribution in [2.24, 2.45) is 5.92 Å². The Labute approximate surface area is 197 Å². The van der Waals surface area contributed by atoms with Gasteiger partial charge in [0.05, 0.1) is 6.61 Å². The van der Waals surface area contributed by atoms with E-state index in [2.05, 4.69) is 79.1 Å². The van der Waals surface area contributed by atoms with Crippen molar-refractivity contribution in [2.75, 3.05) is 26.2 Å². The Morgan fingerprint density at radius 2 is 1.47 bits per heavy atom. The van der Waals surface area contributed by atoms with Gasteiger partial charge in [-0.05, 0) is 94.6 Å². The second kappa shape index (κ2) is 16.7. The molecule has 3 nitrogen and oxygen atoms in total. The number of ether oxygens (including phenoxy) is 1. The first-order valence-electron chi connectivity index (χ1n) is 12.9. The molecule has 0 aliphatic carbocycles. The maximum absolute atomic E-state index is 5.72. The van der Waals surface area contributed by atoms with Gasteiger partial charge in [0, 0.05) is 6.04 Å². The van der Waals surface area contributed by atoms with Crippen LogP contribution >= 0.6 is 0 Å². The van der Waals surface area contributed by atoms with Crippen molar-refractivity contribution in [3.8, 4) is 5.75 Å². The topological polar surface area (TPSA) is 33.3 Å². The first-order chi connectivity index (χ1) is 15.7. The summed E-state index contributed by atoms with van der Waals surface area (Å²) >= 11 is 0. The summed E-state index contributed by atoms with van der Waals surface area (Å²) in [6.07, 6.45) is 9.77. The van der Waals surface area contributed by atoms with Crippen molar-refractivity contribution in [3.05, 3.63) is 65.7 Å². The maximum Gasteiger partial charge on any atom is 0.122 e. The number of benzene rings is 2. The summed E-state index contributed by atoms with van der Waals surface area (Å²) < 4.78 is 5.72. The molecule has 0 aliphatic rings. The number of hydrogen-bond acceptors (Lipinski definition) is 3. The molecule has 178 valence electrons. The largest absolute Gasteiger partial charge is 0.494 e. The Balaban J connectivity index is 1.49.